The van der Waals surface area contributed by atoms with Gasteiger partial charge < -0.3 is 9.52 Å². The zero-order chi connectivity index (χ0) is 14.9. The average Bonchev–Trinajstić information content (AvgIpc) is 2.64. The number of carboxylic acid groups (broad SMARTS) is 1. The van der Waals surface area contributed by atoms with Crippen LogP contribution in [0.3, 0.4) is 0 Å². The van der Waals surface area contributed by atoms with E-state index >= 15 is 0 Å². The highest BCUT2D eigenvalue weighted by Crippen LogP contribution is 2.27. The van der Waals surface area contributed by atoms with Gasteiger partial charge in [0.1, 0.15) is 0 Å². The number of H-pyrrole nitrogens is 1. The summed E-state index contributed by atoms with van der Waals surface area (Å²) in [5.41, 5.74) is 0.614. The van der Waals surface area contributed by atoms with Crippen molar-refractivity contribution in [1.29, 1.82) is 0 Å². The molecule has 0 saturated carbocycles. The van der Waals surface area contributed by atoms with E-state index in [2.05, 4.69) is 4.98 Å². The van der Waals surface area contributed by atoms with Crippen molar-refractivity contribution in [3.63, 3.8) is 0 Å². The van der Waals surface area contributed by atoms with E-state index in [1.165, 1.54) is 6.07 Å². The maximum Gasteiger partial charge on any atom is 0.417 e. The lowest BCUT2D eigenvalue weighted by Crippen LogP contribution is -2.21. The smallest absolute Gasteiger partial charge is 0.417 e. The molecule has 20 heavy (non-hydrogen) atoms. The van der Waals surface area contributed by atoms with Gasteiger partial charge in [-0.2, -0.15) is 0 Å². The van der Waals surface area contributed by atoms with Gasteiger partial charge in [0.25, 0.3) is 0 Å². The Morgan fingerprint density at radius 2 is 2.00 bits per heavy atom. The van der Waals surface area contributed by atoms with E-state index in [0.29, 0.717) is 16.7 Å². The minimum absolute atomic E-state index is 0.0831. The minimum Gasteiger partial charge on any atom is -0.481 e. The fraction of sp³-hybridized carbons (Fsp3) is 0.357. The van der Waals surface area contributed by atoms with Crippen LogP contribution < -0.4 is 5.76 Å². The van der Waals surface area contributed by atoms with Crippen molar-refractivity contribution in [3.8, 4) is 0 Å². The number of rotatable bonds is 5. The number of hydrogen-bond acceptors (Lipinski definition) is 4. The number of benzene rings is 1. The van der Waals surface area contributed by atoms with Crippen molar-refractivity contribution < 1.29 is 19.1 Å². The first-order chi connectivity index (χ1) is 9.27. The molecule has 0 aliphatic heterocycles. The second-order valence-electron chi connectivity index (χ2n) is 5.56. The lowest BCUT2D eigenvalue weighted by atomic mass is 9.82. The van der Waals surface area contributed by atoms with Crippen molar-refractivity contribution in [3.05, 3.63) is 34.3 Å². The third-order valence-corrected chi connectivity index (χ3v) is 3.01. The predicted octanol–water partition coefficient (Wildman–Crippen LogP) is 2.19. The summed E-state index contributed by atoms with van der Waals surface area (Å²) in [7, 11) is 0. The van der Waals surface area contributed by atoms with Gasteiger partial charge in [0.2, 0.25) is 0 Å². The Kier molecular flexibility index (Phi) is 3.48. The maximum atomic E-state index is 12.2. The molecule has 1 heterocycles. The normalized spacial score (nSPS) is 11.7. The number of oxazole rings is 1. The summed E-state index contributed by atoms with van der Waals surface area (Å²) in [6.45, 7) is 3.46. The second kappa shape index (κ2) is 4.96. The molecule has 2 rings (SSSR count). The van der Waals surface area contributed by atoms with Gasteiger partial charge >= 0.3 is 11.7 Å². The lowest BCUT2D eigenvalue weighted by molar-refractivity contribution is -0.139. The molecule has 2 aromatic rings. The molecule has 0 radical (unpaired) electrons. The fourth-order valence-electron chi connectivity index (χ4n) is 2.13. The van der Waals surface area contributed by atoms with Crippen LogP contribution in [0.2, 0.25) is 0 Å². The van der Waals surface area contributed by atoms with E-state index in [1.54, 1.807) is 26.0 Å². The summed E-state index contributed by atoms with van der Waals surface area (Å²) in [4.78, 5) is 36.5. The Bertz CT molecular complexity index is 722. The molecule has 0 atom stereocenters. The molecule has 0 bridgehead atoms. The van der Waals surface area contributed by atoms with Gasteiger partial charge in [0, 0.05) is 12.0 Å². The summed E-state index contributed by atoms with van der Waals surface area (Å²) in [6, 6.07) is 4.68. The van der Waals surface area contributed by atoms with Crippen LogP contribution in [0.15, 0.2) is 27.4 Å². The van der Waals surface area contributed by atoms with Crippen molar-refractivity contribution >= 4 is 22.9 Å². The van der Waals surface area contributed by atoms with Crippen LogP contribution >= 0.6 is 0 Å². The zero-order valence-corrected chi connectivity index (χ0v) is 11.2. The number of hydrogen-bond donors (Lipinski definition) is 2. The summed E-state index contributed by atoms with van der Waals surface area (Å²) in [6.07, 6.45) is 0.0275. The van der Waals surface area contributed by atoms with Gasteiger partial charge in [-0.05, 0) is 23.6 Å². The Morgan fingerprint density at radius 1 is 1.30 bits per heavy atom. The number of aromatic amines is 1. The van der Waals surface area contributed by atoms with Gasteiger partial charge in [-0.3, -0.25) is 14.6 Å². The monoisotopic (exact) mass is 277 g/mol. The second-order valence-corrected chi connectivity index (χ2v) is 5.56. The van der Waals surface area contributed by atoms with Gasteiger partial charge in [-0.25, -0.2) is 4.79 Å². The molecule has 6 heteroatoms. The van der Waals surface area contributed by atoms with E-state index in [9.17, 15) is 14.4 Å². The van der Waals surface area contributed by atoms with E-state index in [0.717, 1.165) is 0 Å². The van der Waals surface area contributed by atoms with Gasteiger partial charge in [0.15, 0.2) is 11.4 Å². The van der Waals surface area contributed by atoms with Gasteiger partial charge in [0.05, 0.1) is 11.9 Å². The van der Waals surface area contributed by atoms with Crippen LogP contribution in [-0.4, -0.2) is 21.8 Å². The van der Waals surface area contributed by atoms with Crippen molar-refractivity contribution in [2.45, 2.75) is 26.7 Å². The first kappa shape index (κ1) is 14.0. The predicted molar refractivity (Wildman–Crippen MR) is 71.8 cm³/mol. The largest absolute Gasteiger partial charge is 0.481 e. The van der Waals surface area contributed by atoms with Crippen molar-refractivity contribution in [1.82, 2.24) is 4.98 Å². The van der Waals surface area contributed by atoms with E-state index in [4.69, 9.17) is 9.52 Å². The standard InChI is InChI=1S/C14H15NO5/c1-14(2,7-12(17)18)6-10(16)8-3-4-9-11(5-8)20-13(19)15-9/h3-5H,6-7H2,1-2H3,(H,15,19)(H,17,18). The number of carbonyl (C=O) groups excluding carboxylic acids is 1. The summed E-state index contributed by atoms with van der Waals surface area (Å²) in [5.74, 6) is -1.69. The van der Waals surface area contributed by atoms with Crippen LogP contribution in [0.5, 0.6) is 0 Å². The van der Waals surface area contributed by atoms with Gasteiger partial charge in [-0.1, -0.05) is 13.8 Å². The van der Waals surface area contributed by atoms with Crippen LogP contribution in [0.4, 0.5) is 0 Å². The molecular formula is C14H15NO5. The van der Waals surface area contributed by atoms with Gasteiger partial charge in [-0.15, -0.1) is 0 Å². The van der Waals surface area contributed by atoms with Crippen LogP contribution in [0.1, 0.15) is 37.0 Å². The molecule has 0 aliphatic rings. The third kappa shape index (κ3) is 3.14. The fourth-order valence-corrected chi connectivity index (χ4v) is 2.13. The third-order valence-electron chi connectivity index (χ3n) is 3.01. The highest BCUT2D eigenvalue weighted by molar-refractivity contribution is 5.99. The first-order valence-electron chi connectivity index (χ1n) is 6.15. The lowest BCUT2D eigenvalue weighted by Gasteiger charge is -2.21. The minimum atomic E-state index is -0.935. The van der Waals surface area contributed by atoms with E-state index < -0.39 is 17.1 Å². The number of aromatic nitrogens is 1. The number of fused-ring (bicyclic) bond motifs is 1. The molecular weight excluding hydrogens is 262 g/mol. The maximum absolute atomic E-state index is 12.2. The molecule has 6 nitrogen and oxygen atoms in total. The van der Waals surface area contributed by atoms with E-state index in [-0.39, 0.29) is 18.6 Å². The highest BCUT2D eigenvalue weighted by Gasteiger charge is 2.26. The Labute approximate surface area is 114 Å². The number of aliphatic carboxylic acids is 1. The number of carbonyl (C=O) groups is 2. The van der Waals surface area contributed by atoms with Crippen LogP contribution in [-0.2, 0) is 4.79 Å². The Morgan fingerprint density at radius 3 is 2.65 bits per heavy atom. The topological polar surface area (TPSA) is 100 Å². The van der Waals surface area contributed by atoms with Crippen LogP contribution in [0.25, 0.3) is 11.1 Å². The average molecular weight is 277 g/mol. The first-order valence-corrected chi connectivity index (χ1v) is 6.15. The zero-order valence-electron chi connectivity index (χ0n) is 11.2. The molecule has 1 aromatic carbocycles. The quantitative estimate of drug-likeness (QED) is 0.816. The number of Topliss-reactive ketones (excluding diaryl/α,β-unsaturated/α-hetero) is 1. The summed E-state index contributed by atoms with van der Waals surface area (Å²) in [5, 5.41) is 8.81. The highest BCUT2D eigenvalue weighted by atomic mass is 16.4. The molecule has 0 fully saturated rings. The molecule has 2 N–H and O–H groups in total. The molecule has 0 amide bonds. The summed E-state index contributed by atoms with van der Waals surface area (Å²) < 4.78 is 4.90. The molecule has 106 valence electrons. The molecule has 0 unspecified atom stereocenters. The number of nitrogens with one attached hydrogen (secondary N) is 1. The molecule has 1 aromatic heterocycles. The van der Waals surface area contributed by atoms with E-state index in [1.807, 2.05) is 0 Å². The van der Waals surface area contributed by atoms with Crippen molar-refractivity contribution in [2.24, 2.45) is 5.41 Å². The Hall–Kier alpha value is -2.37. The number of ketones is 1. The Balaban J connectivity index is 2.22. The molecule has 0 aliphatic carbocycles. The summed E-state index contributed by atoms with van der Waals surface area (Å²) >= 11 is 0. The SMILES string of the molecule is CC(C)(CC(=O)O)CC(=O)c1ccc2[nH]c(=O)oc2c1. The van der Waals surface area contributed by atoms with Crippen LogP contribution in [0, 0.1) is 5.41 Å². The number of carboxylic acids is 1. The molecule has 0 saturated heterocycles. The molecule has 0 spiro atoms. The van der Waals surface area contributed by atoms with Crippen molar-refractivity contribution in [2.75, 3.05) is 0 Å².